The summed E-state index contributed by atoms with van der Waals surface area (Å²) >= 11 is 0. The van der Waals surface area contributed by atoms with E-state index in [0.717, 1.165) is 6.42 Å². The molecule has 0 amide bonds. The third-order valence-electron chi connectivity index (χ3n) is 3.22. The number of rotatable bonds is 7. The molecule has 0 unspecified atom stereocenters. The van der Waals surface area contributed by atoms with Gasteiger partial charge in [-0.05, 0) is 31.8 Å². The highest BCUT2D eigenvalue weighted by Crippen LogP contribution is 2.36. The molecule has 1 N–H and O–H groups in total. The van der Waals surface area contributed by atoms with E-state index < -0.39 is 11.8 Å². The zero-order valence-electron chi connectivity index (χ0n) is 11.1. The zero-order valence-corrected chi connectivity index (χ0v) is 11.1. The number of hydrogen-bond donors (Lipinski definition) is 1. The van der Waals surface area contributed by atoms with Crippen molar-refractivity contribution in [1.29, 1.82) is 0 Å². The van der Waals surface area contributed by atoms with Crippen LogP contribution in [0.5, 0.6) is 0 Å². The molecule has 0 aromatic heterocycles. The summed E-state index contributed by atoms with van der Waals surface area (Å²) in [5.41, 5.74) is -0.474. The van der Waals surface area contributed by atoms with E-state index in [2.05, 4.69) is 25.5 Å². The molecule has 5 heteroatoms. The van der Waals surface area contributed by atoms with Gasteiger partial charge < -0.3 is 14.7 Å². The van der Waals surface area contributed by atoms with Gasteiger partial charge in [-0.25, -0.2) is 4.79 Å². The summed E-state index contributed by atoms with van der Waals surface area (Å²) in [4.78, 5) is 20.3. The predicted molar refractivity (Wildman–Crippen MR) is 63.4 cm³/mol. The lowest BCUT2D eigenvalue weighted by atomic mass is 9.75. The standard InChI is InChI=1S/C12H22O5/c1-6-11(2,3)12(4,5)17-16-9-7-8-15-10(13)14/h7,9H,6,8H2,1-5H3,(H,13,14). The second-order valence-corrected chi connectivity index (χ2v) is 4.88. The fourth-order valence-electron chi connectivity index (χ4n) is 0.885. The van der Waals surface area contributed by atoms with Crippen LogP contribution in [0.15, 0.2) is 12.3 Å². The lowest BCUT2D eigenvalue weighted by Gasteiger charge is -2.38. The highest BCUT2D eigenvalue weighted by Gasteiger charge is 2.38. The van der Waals surface area contributed by atoms with E-state index in [4.69, 9.17) is 14.9 Å². The van der Waals surface area contributed by atoms with Crippen molar-refractivity contribution < 1.29 is 24.4 Å². The maximum absolute atomic E-state index is 10.0. The SMILES string of the molecule is CCC(C)(C)C(C)(C)OOC=CCOC(=O)O. The van der Waals surface area contributed by atoms with Crippen molar-refractivity contribution in [3.8, 4) is 0 Å². The molecule has 0 radical (unpaired) electrons. The van der Waals surface area contributed by atoms with Crippen molar-refractivity contribution in [1.82, 2.24) is 0 Å². The Morgan fingerprint density at radius 1 is 1.29 bits per heavy atom. The van der Waals surface area contributed by atoms with E-state index in [-0.39, 0.29) is 12.0 Å². The minimum atomic E-state index is -1.32. The number of carbonyl (C=O) groups is 1. The van der Waals surface area contributed by atoms with Crippen LogP contribution in [0, 0.1) is 5.41 Å². The minimum Gasteiger partial charge on any atom is -0.450 e. The molecule has 0 spiro atoms. The largest absolute Gasteiger partial charge is 0.506 e. The van der Waals surface area contributed by atoms with Gasteiger partial charge in [0.1, 0.15) is 18.5 Å². The smallest absolute Gasteiger partial charge is 0.450 e. The first kappa shape index (κ1) is 15.8. The van der Waals surface area contributed by atoms with Crippen molar-refractivity contribution in [2.24, 2.45) is 5.41 Å². The van der Waals surface area contributed by atoms with E-state index in [9.17, 15) is 4.79 Å². The first-order valence-electron chi connectivity index (χ1n) is 5.58. The van der Waals surface area contributed by atoms with Crippen molar-refractivity contribution in [2.75, 3.05) is 6.61 Å². The summed E-state index contributed by atoms with van der Waals surface area (Å²) in [7, 11) is 0. The summed E-state index contributed by atoms with van der Waals surface area (Å²) in [5, 5.41) is 8.21. The highest BCUT2D eigenvalue weighted by molar-refractivity contribution is 5.56. The quantitative estimate of drug-likeness (QED) is 0.323. The highest BCUT2D eigenvalue weighted by atomic mass is 17.2. The van der Waals surface area contributed by atoms with Crippen LogP contribution in [0.3, 0.4) is 0 Å². The molecule has 0 aromatic carbocycles. The Morgan fingerprint density at radius 2 is 1.88 bits per heavy atom. The summed E-state index contributed by atoms with van der Waals surface area (Å²) in [6, 6.07) is 0. The minimum absolute atomic E-state index is 0.0294. The van der Waals surface area contributed by atoms with Gasteiger partial charge in [-0.15, -0.1) is 0 Å². The number of hydrogen-bond acceptors (Lipinski definition) is 4. The molecule has 0 aliphatic rings. The molecule has 0 saturated heterocycles. The fraction of sp³-hybridized carbons (Fsp3) is 0.750. The van der Waals surface area contributed by atoms with Gasteiger partial charge in [0, 0.05) is 0 Å². The van der Waals surface area contributed by atoms with E-state index in [0.29, 0.717) is 0 Å². The molecule has 0 rings (SSSR count). The Kier molecular flexibility index (Phi) is 6.02. The van der Waals surface area contributed by atoms with Crippen LogP contribution in [-0.4, -0.2) is 23.5 Å². The molecule has 0 saturated carbocycles. The third-order valence-corrected chi connectivity index (χ3v) is 3.22. The van der Waals surface area contributed by atoms with E-state index in [1.54, 1.807) is 0 Å². The van der Waals surface area contributed by atoms with E-state index >= 15 is 0 Å². The molecule has 0 aliphatic heterocycles. The summed E-state index contributed by atoms with van der Waals surface area (Å²) < 4.78 is 4.26. The number of carboxylic acid groups (broad SMARTS) is 1. The van der Waals surface area contributed by atoms with Gasteiger partial charge in [-0.1, -0.05) is 20.8 Å². The maximum Gasteiger partial charge on any atom is 0.506 e. The molecule has 5 nitrogen and oxygen atoms in total. The van der Waals surface area contributed by atoms with Gasteiger partial charge in [0.25, 0.3) is 0 Å². The van der Waals surface area contributed by atoms with Gasteiger partial charge in [0.15, 0.2) is 0 Å². The molecule has 100 valence electrons. The topological polar surface area (TPSA) is 65.0 Å². The van der Waals surface area contributed by atoms with Crippen LogP contribution in [-0.2, 0) is 14.5 Å². The Bertz CT molecular complexity index is 268. The van der Waals surface area contributed by atoms with Gasteiger partial charge >= 0.3 is 6.16 Å². The van der Waals surface area contributed by atoms with Crippen molar-refractivity contribution in [3.05, 3.63) is 12.3 Å². The molecule has 17 heavy (non-hydrogen) atoms. The first-order valence-corrected chi connectivity index (χ1v) is 5.58. The Hall–Kier alpha value is -1.23. The predicted octanol–water partition coefficient (Wildman–Crippen LogP) is 3.36. The van der Waals surface area contributed by atoms with Crippen molar-refractivity contribution in [3.63, 3.8) is 0 Å². The van der Waals surface area contributed by atoms with Gasteiger partial charge in [-0.2, -0.15) is 4.89 Å². The monoisotopic (exact) mass is 246 g/mol. The average molecular weight is 246 g/mol. The van der Waals surface area contributed by atoms with Gasteiger partial charge in [0.2, 0.25) is 0 Å². The van der Waals surface area contributed by atoms with Crippen LogP contribution in [0.25, 0.3) is 0 Å². The molecule has 0 aliphatic carbocycles. The van der Waals surface area contributed by atoms with Crippen molar-refractivity contribution >= 4 is 6.16 Å². The molecule has 0 fully saturated rings. The van der Waals surface area contributed by atoms with Crippen molar-refractivity contribution in [2.45, 2.75) is 46.6 Å². The molecular formula is C12H22O5. The third kappa shape index (κ3) is 5.58. The van der Waals surface area contributed by atoms with Crippen LogP contribution < -0.4 is 0 Å². The van der Waals surface area contributed by atoms with E-state index in [1.165, 1.54) is 12.3 Å². The van der Waals surface area contributed by atoms with Gasteiger partial charge in [0.05, 0.1) is 0 Å². The zero-order chi connectivity index (χ0) is 13.5. The Morgan fingerprint density at radius 3 is 2.35 bits per heavy atom. The summed E-state index contributed by atoms with van der Waals surface area (Å²) in [5.74, 6) is 0. The molecule has 0 aromatic rings. The van der Waals surface area contributed by atoms with Gasteiger partial charge in [-0.3, -0.25) is 0 Å². The summed E-state index contributed by atoms with van der Waals surface area (Å²) in [6.45, 7) is 10.1. The molecule has 0 atom stereocenters. The van der Waals surface area contributed by atoms with Crippen LogP contribution >= 0.6 is 0 Å². The van der Waals surface area contributed by atoms with Crippen LogP contribution in [0.1, 0.15) is 41.0 Å². The lowest BCUT2D eigenvalue weighted by Crippen LogP contribution is -2.40. The molecule has 0 bridgehead atoms. The average Bonchev–Trinajstić information content (AvgIpc) is 2.22. The number of ether oxygens (including phenoxy) is 1. The Labute approximate surface area is 102 Å². The normalized spacial score (nSPS) is 12.8. The first-order chi connectivity index (χ1) is 7.73. The Balaban J connectivity index is 3.99. The van der Waals surface area contributed by atoms with Crippen LogP contribution in [0.4, 0.5) is 4.79 Å². The second kappa shape index (κ2) is 6.49. The maximum atomic E-state index is 10.0. The fourth-order valence-corrected chi connectivity index (χ4v) is 0.885. The van der Waals surface area contributed by atoms with Crippen LogP contribution in [0.2, 0.25) is 0 Å². The second-order valence-electron chi connectivity index (χ2n) is 4.88. The lowest BCUT2D eigenvalue weighted by molar-refractivity contribution is -0.342. The van der Waals surface area contributed by atoms with E-state index in [1.807, 2.05) is 13.8 Å². The molecular weight excluding hydrogens is 224 g/mol. The summed E-state index contributed by atoms with van der Waals surface area (Å²) in [6.07, 6.45) is 2.33. The molecule has 0 heterocycles.